The van der Waals surface area contributed by atoms with E-state index in [9.17, 15) is 9.50 Å². The minimum atomic E-state index is -0.179. The molecule has 4 nitrogen and oxygen atoms in total. The van der Waals surface area contributed by atoms with Crippen molar-refractivity contribution in [2.75, 3.05) is 44.4 Å². The summed E-state index contributed by atoms with van der Waals surface area (Å²) in [6.45, 7) is 8.21. The fourth-order valence-corrected chi connectivity index (χ4v) is 2.59. The summed E-state index contributed by atoms with van der Waals surface area (Å²) in [5.41, 5.74) is 1.42. The number of aliphatic hydroxyl groups is 1. The third-order valence-corrected chi connectivity index (χ3v) is 4.10. The summed E-state index contributed by atoms with van der Waals surface area (Å²) in [5, 5.41) is 12.6. The van der Waals surface area contributed by atoms with Crippen molar-refractivity contribution < 1.29 is 14.2 Å². The van der Waals surface area contributed by atoms with Crippen LogP contribution in [0.1, 0.15) is 19.4 Å². The zero-order chi connectivity index (χ0) is 15.3. The van der Waals surface area contributed by atoms with E-state index in [-0.39, 0.29) is 17.8 Å². The predicted octanol–water partition coefficient (Wildman–Crippen LogP) is 1.77. The molecule has 2 rings (SSSR count). The van der Waals surface area contributed by atoms with E-state index < -0.39 is 0 Å². The van der Waals surface area contributed by atoms with Crippen LogP contribution in [0.15, 0.2) is 18.2 Å². The Morgan fingerprint density at radius 3 is 2.52 bits per heavy atom. The normalized spacial score (nSPS) is 16.6. The molecule has 0 bridgehead atoms. The lowest BCUT2D eigenvalue weighted by atomic mass is 9.87. The molecule has 1 aromatic rings. The van der Waals surface area contributed by atoms with Crippen LogP contribution >= 0.6 is 0 Å². The lowest BCUT2D eigenvalue weighted by molar-refractivity contribution is -0.134. The van der Waals surface area contributed by atoms with Gasteiger partial charge in [0, 0.05) is 26.2 Å². The number of benzene rings is 1. The molecule has 1 aromatic carbocycles. The minimum absolute atomic E-state index is 0.120. The van der Waals surface area contributed by atoms with Crippen LogP contribution in [0.25, 0.3) is 0 Å². The van der Waals surface area contributed by atoms with Crippen LogP contribution in [0.2, 0.25) is 0 Å². The molecule has 1 saturated heterocycles. The molecular formula is C16H25FN2O2. The summed E-state index contributed by atoms with van der Waals surface area (Å²) >= 11 is 0. The van der Waals surface area contributed by atoms with Gasteiger partial charge in [0.25, 0.3) is 0 Å². The van der Waals surface area contributed by atoms with Gasteiger partial charge in [0.15, 0.2) is 0 Å². The van der Waals surface area contributed by atoms with E-state index >= 15 is 0 Å². The van der Waals surface area contributed by atoms with E-state index in [1.807, 2.05) is 30.9 Å². The predicted molar refractivity (Wildman–Crippen MR) is 82.0 cm³/mol. The molecule has 0 aliphatic carbocycles. The first-order valence-electron chi connectivity index (χ1n) is 7.57. The SMILES string of the molecule is CCN(CC)c1ccc(CNCC2(CO)COC2)cc1F. The highest BCUT2D eigenvalue weighted by molar-refractivity contribution is 5.49. The quantitative estimate of drug-likeness (QED) is 0.767. The number of anilines is 1. The fraction of sp³-hybridized carbons (Fsp3) is 0.625. The molecule has 2 N–H and O–H groups in total. The summed E-state index contributed by atoms with van der Waals surface area (Å²) in [6, 6.07) is 5.38. The van der Waals surface area contributed by atoms with Gasteiger partial charge in [0.1, 0.15) is 5.82 Å². The highest BCUT2D eigenvalue weighted by Crippen LogP contribution is 2.26. The first-order chi connectivity index (χ1) is 10.1. The number of halogens is 1. The molecule has 1 aliphatic rings. The maximum atomic E-state index is 14.1. The Morgan fingerprint density at radius 1 is 1.33 bits per heavy atom. The van der Waals surface area contributed by atoms with Crippen LogP contribution in [-0.4, -0.2) is 44.6 Å². The molecule has 0 radical (unpaired) electrons. The lowest BCUT2D eigenvalue weighted by Gasteiger charge is -2.40. The number of nitrogens with zero attached hydrogens (tertiary/aromatic N) is 1. The topological polar surface area (TPSA) is 44.7 Å². The Morgan fingerprint density at radius 2 is 2.05 bits per heavy atom. The van der Waals surface area contributed by atoms with Crippen LogP contribution in [-0.2, 0) is 11.3 Å². The highest BCUT2D eigenvalue weighted by Gasteiger charge is 2.37. The second-order valence-corrected chi connectivity index (χ2v) is 5.71. The van der Waals surface area contributed by atoms with Crippen molar-refractivity contribution in [1.29, 1.82) is 0 Å². The van der Waals surface area contributed by atoms with Crippen LogP contribution in [0, 0.1) is 11.2 Å². The van der Waals surface area contributed by atoms with Gasteiger partial charge in [0.2, 0.25) is 0 Å². The number of hydrogen-bond donors (Lipinski definition) is 2. The summed E-state index contributed by atoms with van der Waals surface area (Å²) in [5.74, 6) is -0.179. The smallest absolute Gasteiger partial charge is 0.146 e. The van der Waals surface area contributed by atoms with Crippen LogP contribution < -0.4 is 10.2 Å². The zero-order valence-electron chi connectivity index (χ0n) is 12.9. The summed E-state index contributed by atoms with van der Waals surface area (Å²) < 4.78 is 19.3. The van der Waals surface area contributed by atoms with Crippen molar-refractivity contribution in [1.82, 2.24) is 5.32 Å². The lowest BCUT2D eigenvalue weighted by Crippen LogP contribution is -2.52. The van der Waals surface area contributed by atoms with E-state index in [0.717, 1.165) is 18.7 Å². The molecule has 118 valence electrons. The van der Waals surface area contributed by atoms with E-state index in [1.165, 1.54) is 0 Å². The molecule has 21 heavy (non-hydrogen) atoms. The first-order valence-corrected chi connectivity index (χ1v) is 7.57. The van der Waals surface area contributed by atoms with Crippen molar-refractivity contribution in [3.63, 3.8) is 0 Å². The molecule has 0 saturated carbocycles. The van der Waals surface area contributed by atoms with Crippen molar-refractivity contribution >= 4 is 5.69 Å². The maximum Gasteiger partial charge on any atom is 0.146 e. The molecule has 0 atom stereocenters. The number of rotatable bonds is 8. The second kappa shape index (κ2) is 7.20. The van der Waals surface area contributed by atoms with Crippen molar-refractivity contribution in [3.8, 4) is 0 Å². The van der Waals surface area contributed by atoms with E-state index in [1.54, 1.807) is 6.07 Å². The van der Waals surface area contributed by atoms with Gasteiger partial charge >= 0.3 is 0 Å². The maximum absolute atomic E-state index is 14.1. The van der Waals surface area contributed by atoms with Gasteiger partial charge in [0.05, 0.1) is 30.9 Å². The van der Waals surface area contributed by atoms with E-state index in [0.29, 0.717) is 32.0 Å². The van der Waals surface area contributed by atoms with Gasteiger partial charge in [-0.3, -0.25) is 0 Å². The first kappa shape index (κ1) is 16.2. The Hall–Kier alpha value is -1.17. The van der Waals surface area contributed by atoms with Gasteiger partial charge < -0.3 is 20.1 Å². The molecule has 0 amide bonds. The van der Waals surface area contributed by atoms with Gasteiger partial charge in [-0.2, -0.15) is 0 Å². The molecule has 1 fully saturated rings. The Bertz CT molecular complexity index is 454. The minimum Gasteiger partial charge on any atom is -0.396 e. The number of hydrogen-bond acceptors (Lipinski definition) is 4. The van der Waals surface area contributed by atoms with Crippen LogP contribution in [0.4, 0.5) is 10.1 Å². The fourth-order valence-electron chi connectivity index (χ4n) is 2.59. The molecule has 1 aliphatic heterocycles. The van der Waals surface area contributed by atoms with Crippen molar-refractivity contribution in [3.05, 3.63) is 29.6 Å². The van der Waals surface area contributed by atoms with Crippen molar-refractivity contribution in [2.45, 2.75) is 20.4 Å². The largest absolute Gasteiger partial charge is 0.396 e. The molecular weight excluding hydrogens is 271 g/mol. The molecule has 1 heterocycles. The number of aliphatic hydroxyl groups excluding tert-OH is 1. The van der Waals surface area contributed by atoms with E-state index in [4.69, 9.17) is 4.74 Å². The molecule has 0 spiro atoms. The van der Waals surface area contributed by atoms with Crippen LogP contribution in [0.3, 0.4) is 0 Å². The Kier molecular flexibility index (Phi) is 5.56. The zero-order valence-corrected chi connectivity index (χ0v) is 12.9. The molecule has 0 unspecified atom stereocenters. The molecule has 0 aromatic heterocycles. The summed E-state index contributed by atoms with van der Waals surface area (Å²) in [6.07, 6.45) is 0. The van der Waals surface area contributed by atoms with Gasteiger partial charge in [-0.1, -0.05) is 6.07 Å². The average Bonchev–Trinajstić information content (AvgIpc) is 2.45. The standard InChI is InChI=1S/C16H25FN2O2/c1-3-19(4-2)15-6-5-13(7-14(15)17)8-18-9-16(10-20)11-21-12-16/h5-7,18,20H,3-4,8-12H2,1-2H3. The van der Waals surface area contributed by atoms with Crippen molar-refractivity contribution in [2.24, 2.45) is 5.41 Å². The van der Waals surface area contributed by atoms with Crippen LogP contribution in [0.5, 0.6) is 0 Å². The van der Waals surface area contributed by atoms with Gasteiger partial charge in [-0.15, -0.1) is 0 Å². The second-order valence-electron chi connectivity index (χ2n) is 5.71. The third kappa shape index (κ3) is 3.73. The van der Waals surface area contributed by atoms with E-state index in [2.05, 4.69) is 5.32 Å². The average molecular weight is 296 g/mol. The van der Waals surface area contributed by atoms with Gasteiger partial charge in [-0.25, -0.2) is 4.39 Å². The number of nitrogens with one attached hydrogen (secondary N) is 1. The third-order valence-electron chi connectivity index (χ3n) is 4.10. The molecule has 5 heteroatoms. The Labute approximate surface area is 125 Å². The number of ether oxygens (including phenoxy) is 1. The Balaban J connectivity index is 1.91. The highest BCUT2D eigenvalue weighted by atomic mass is 19.1. The summed E-state index contributed by atoms with van der Waals surface area (Å²) in [7, 11) is 0. The summed E-state index contributed by atoms with van der Waals surface area (Å²) in [4.78, 5) is 2.00. The monoisotopic (exact) mass is 296 g/mol. The van der Waals surface area contributed by atoms with Gasteiger partial charge in [-0.05, 0) is 31.5 Å².